The molecule has 2 aromatic carbocycles. The van der Waals surface area contributed by atoms with Gasteiger partial charge in [-0.3, -0.25) is 9.79 Å². The normalized spacial score (nSPS) is 11.2. The summed E-state index contributed by atoms with van der Waals surface area (Å²) in [4.78, 5) is 16.5. The van der Waals surface area contributed by atoms with Gasteiger partial charge in [-0.2, -0.15) is 0 Å². The predicted molar refractivity (Wildman–Crippen MR) is 147 cm³/mol. The van der Waals surface area contributed by atoms with Crippen molar-refractivity contribution in [3.8, 4) is 11.5 Å². The van der Waals surface area contributed by atoms with Crippen LogP contribution >= 0.6 is 0 Å². The molecule has 0 saturated heterocycles. The number of hydrogen-bond acceptors (Lipinski definition) is 4. The highest BCUT2D eigenvalue weighted by Gasteiger charge is 2.07. The molecule has 2 aromatic rings. The Morgan fingerprint density at radius 3 is 1.86 bits per heavy atom. The van der Waals surface area contributed by atoms with E-state index in [1.807, 2.05) is 30.3 Å². The van der Waals surface area contributed by atoms with Gasteiger partial charge in [0, 0.05) is 24.3 Å². The molecule has 0 fully saturated rings. The van der Waals surface area contributed by atoms with Gasteiger partial charge in [-0.05, 0) is 30.7 Å². The molecule has 0 unspecified atom stereocenters. The molecular weight excluding hydrogens is 434 g/mol. The first-order valence-corrected chi connectivity index (χ1v) is 13.8. The van der Waals surface area contributed by atoms with Crippen molar-refractivity contribution in [1.29, 1.82) is 0 Å². The Morgan fingerprint density at radius 1 is 0.771 bits per heavy atom. The molecule has 192 valence electrons. The Hall–Kier alpha value is -2.62. The highest BCUT2D eigenvalue weighted by Crippen LogP contribution is 2.24. The lowest BCUT2D eigenvalue weighted by Gasteiger charge is -2.06. The van der Waals surface area contributed by atoms with Crippen molar-refractivity contribution in [2.75, 3.05) is 0 Å². The molecule has 0 saturated carbocycles. The average molecular weight is 480 g/mol. The molecule has 35 heavy (non-hydrogen) atoms. The number of phenolic OH excluding ortho intramolecular Hbond substituents is 1. The number of benzene rings is 2. The zero-order valence-electron chi connectivity index (χ0n) is 21.7. The fourth-order valence-electron chi connectivity index (χ4n) is 4.18. The number of carbonyl (C=O) groups is 1. The van der Waals surface area contributed by atoms with Crippen LogP contribution in [-0.2, 0) is 4.79 Å². The van der Waals surface area contributed by atoms with Crippen molar-refractivity contribution < 1.29 is 14.6 Å². The summed E-state index contributed by atoms with van der Waals surface area (Å²) in [6.07, 6.45) is 21.5. The van der Waals surface area contributed by atoms with Crippen molar-refractivity contribution in [3.05, 3.63) is 54.1 Å². The second-order valence-corrected chi connectivity index (χ2v) is 9.49. The van der Waals surface area contributed by atoms with Crippen LogP contribution in [0.2, 0.25) is 0 Å². The number of unbranched alkanes of at least 4 members (excludes halogenated alkanes) is 14. The molecule has 0 amide bonds. The number of rotatable bonds is 19. The van der Waals surface area contributed by atoms with E-state index in [-0.39, 0.29) is 11.7 Å². The van der Waals surface area contributed by atoms with Crippen LogP contribution in [-0.4, -0.2) is 17.3 Å². The van der Waals surface area contributed by atoms with Crippen LogP contribution in [0.3, 0.4) is 0 Å². The van der Waals surface area contributed by atoms with Gasteiger partial charge in [-0.25, -0.2) is 0 Å². The summed E-state index contributed by atoms with van der Waals surface area (Å²) in [6.45, 7) is 2.27. The second kappa shape index (κ2) is 18.7. The van der Waals surface area contributed by atoms with Gasteiger partial charge in [-0.15, -0.1) is 0 Å². The predicted octanol–water partition coefficient (Wildman–Crippen LogP) is 9.31. The average Bonchev–Trinajstić information content (AvgIpc) is 2.86. The van der Waals surface area contributed by atoms with Gasteiger partial charge in [0.15, 0.2) is 0 Å². The minimum Gasteiger partial charge on any atom is -0.507 e. The Labute approximate surface area is 212 Å². The lowest BCUT2D eigenvalue weighted by atomic mass is 10.0. The molecule has 0 radical (unpaired) electrons. The highest BCUT2D eigenvalue weighted by molar-refractivity contribution is 5.85. The Balaban J connectivity index is 1.48. The van der Waals surface area contributed by atoms with Crippen molar-refractivity contribution in [3.63, 3.8) is 0 Å². The van der Waals surface area contributed by atoms with E-state index in [9.17, 15) is 9.90 Å². The topological polar surface area (TPSA) is 58.9 Å². The van der Waals surface area contributed by atoms with Gasteiger partial charge >= 0.3 is 5.97 Å². The standard InChI is InChI=1S/C31H45NO3/c1-2-3-4-5-6-7-8-9-10-11-12-13-14-15-19-22-31(34)35-29-24-23-27(30(33)25-29)26-32-28-20-17-16-18-21-28/h16-18,20-21,23-26,33H,2-15,19,22H2,1H3. The Bertz CT molecular complexity index is 848. The van der Waals surface area contributed by atoms with Crippen LogP contribution < -0.4 is 4.74 Å². The summed E-state index contributed by atoms with van der Waals surface area (Å²) in [6, 6.07) is 14.4. The van der Waals surface area contributed by atoms with Gasteiger partial charge in [0.1, 0.15) is 11.5 Å². The highest BCUT2D eigenvalue weighted by atomic mass is 16.5. The maximum atomic E-state index is 12.1. The van der Waals surface area contributed by atoms with Crippen LogP contribution in [0.4, 0.5) is 5.69 Å². The third-order valence-electron chi connectivity index (χ3n) is 6.33. The lowest BCUT2D eigenvalue weighted by Crippen LogP contribution is -2.07. The fourth-order valence-corrected chi connectivity index (χ4v) is 4.18. The molecule has 0 heterocycles. The summed E-state index contributed by atoms with van der Waals surface area (Å²) in [7, 11) is 0. The zero-order chi connectivity index (χ0) is 25.0. The monoisotopic (exact) mass is 479 g/mol. The van der Waals surface area contributed by atoms with E-state index in [1.165, 1.54) is 89.5 Å². The molecular formula is C31H45NO3. The number of aromatic hydroxyl groups is 1. The van der Waals surface area contributed by atoms with Gasteiger partial charge in [0.05, 0.1) is 5.69 Å². The largest absolute Gasteiger partial charge is 0.507 e. The molecule has 0 aliphatic rings. The first-order valence-electron chi connectivity index (χ1n) is 13.8. The zero-order valence-corrected chi connectivity index (χ0v) is 21.7. The second-order valence-electron chi connectivity index (χ2n) is 9.49. The number of aliphatic imine (C=N–C) groups is 1. The van der Waals surface area contributed by atoms with Gasteiger partial charge in [0.25, 0.3) is 0 Å². The number of phenols is 1. The molecule has 4 nitrogen and oxygen atoms in total. The van der Waals surface area contributed by atoms with E-state index in [0.29, 0.717) is 17.7 Å². The quantitative estimate of drug-likeness (QED) is 0.0945. The molecule has 0 aromatic heterocycles. The fraction of sp³-hybridized carbons (Fsp3) is 0.548. The molecule has 4 heteroatoms. The van der Waals surface area contributed by atoms with E-state index in [2.05, 4.69) is 11.9 Å². The van der Waals surface area contributed by atoms with Crippen molar-refractivity contribution >= 4 is 17.9 Å². The number of hydrogen-bond donors (Lipinski definition) is 1. The molecule has 0 bridgehead atoms. The number of ether oxygens (including phenoxy) is 1. The van der Waals surface area contributed by atoms with Crippen molar-refractivity contribution in [1.82, 2.24) is 0 Å². The van der Waals surface area contributed by atoms with Gasteiger partial charge in [0.2, 0.25) is 0 Å². The number of para-hydroxylation sites is 1. The smallest absolute Gasteiger partial charge is 0.311 e. The molecule has 2 rings (SSSR count). The van der Waals surface area contributed by atoms with Gasteiger partial charge in [-0.1, -0.05) is 115 Å². The minimum absolute atomic E-state index is 0.0435. The third-order valence-corrected chi connectivity index (χ3v) is 6.33. The van der Waals surface area contributed by atoms with Gasteiger partial charge < -0.3 is 9.84 Å². The summed E-state index contributed by atoms with van der Waals surface area (Å²) in [5.41, 5.74) is 1.39. The molecule has 0 atom stereocenters. The summed E-state index contributed by atoms with van der Waals surface area (Å²) < 4.78 is 5.39. The number of carbonyl (C=O) groups excluding carboxylic acids is 1. The first-order chi connectivity index (χ1) is 17.2. The molecule has 0 aliphatic carbocycles. The first kappa shape index (κ1) is 28.6. The van der Waals surface area contributed by atoms with Crippen LogP contribution in [0.15, 0.2) is 53.5 Å². The number of esters is 1. The maximum absolute atomic E-state index is 12.1. The molecule has 0 aliphatic heterocycles. The van der Waals surface area contributed by atoms with Crippen LogP contribution in [0, 0.1) is 0 Å². The Kier molecular flexibility index (Phi) is 15.3. The van der Waals surface area contributed by atoms with E-state index >= 15 is 0 Å². The SMILES string of the molecule is CCCCCCCCCCCCCCCCCC(=O)Oc1ccc(C=Nc2ccccc2)c(O)c1. The van der Waals surface area contributed by atoms with Crippen molar-refractivity contribution in [2.45, 2.75) is 110 Å². The molecule has 0 spiro atoms. The minimum atomic E-state index is -0.246. The molecule has 1 N–H and O–H groups in total. The maximum Gasteiger partial charge on any atom is 0.311 e. The van der Waals surface area contributed by atoms with Crippen molar-refractivity contribution in [2.24, 2.45) is 4.99 Å². The third kappa shape index (κ3) is 13.8. The van der Waals surface area contributed by atoms with Crippen LogP contribution in [0.25, 0.3) is 0 Å². The summed E-state index contributed by atoms with van der Waals surface area (Å²) in [5.74, 6) is 0.164. The van der Waals surface area contributed by atoms with E-state index in [1.54, 1.807) is 18.3 Å². The van der Waals surface area contributed by atoms with E-state index in [0.717, 1.165) is 18.5 Å². The summed E-state index contributed by atoms with van der Waals surface area (Å²) >= 11 is 0. The van der Waals surface area contributed by atoms with Crippen LogP contribution in [0.1, 0.15) is 115 Å². The summed E-state index contributed by atoms with van der Waals surface area (Å²) in [5, 5.41) is 10.2. The Morgan fingerprint density at radius 2 is 1.31 bits per heavy atom. The van der Waals surface area contributed by atoms with E-state index < -0.39 is 0 Å². The van der Waals surface area contributed by atoms with Crippen LogP contribution in [0.5, 0.6) is 11.5 Å². The van der Waals surface area contributed by atoms with E-state index in [4.69, 9.17) is 4.74 Å². The lowest BCUT2D eigenvalue weighted by molar-refractivity contribution is -0.134. The number of nitrogens with zero attached hydrogens (tertiary/aromatic N) is 1.